The van der Waals surface area contributed by atoms with Gasteiger partial charge in [0.25, 0.3) is 6.43 Å². The van der Waals surface area contributed by atoms with Gasteiger partial charge in [-0.25, -0.2) is 13.8 Å². The van der Waals surface area contributed by atoms with E-state index >= 15 is 0 Å². The van der Waals surface area contributed by atoms with Crippen molar-refractivity contribution in [3.05, 3.63) is 16.1 Å². The first-order chi connectivity index (χ1) is 10.3. The number of aromatic nitrogens is 1. The molecule has 124 valence electrons. The van der Waals surface area contributed by atoms with Crippen molar-refractivity contribution in [2.45, 2.75) is 45.6 Å². The summed E-state index contributed by atoms with van der Waals surface area (Å²) in [6.45, 7) is 6.78. The third-order valence-electron chi connectivity index (χ3n) is 3.95. The van der Waals surface area contributed by atoms with Gasteiger partial charge < -0.3 is 5.32 Å². The molecule has 4 nitrogen and oxygen atoms in total. The molecule has 0 aliphatic carbocycles. The predicted molar refractivity (Wildman–Crippen MR) is 83.2 cm³/mol. The summed E-state index contributed by atoms with van der Waals surface area (Å²) in [4.78, 5) is 19.6. The first-order valence-electron chi connectivity index (χ1n) is 7.53. The molecule has 1 fully saturated rings. The fourth-order valence-electron chi connectivity index (χ4n) is 2.68. The lowest BCUT2D eigenvalue weighted by atomic mass is 9.94. The Balaban J connectivity index is 1.88. The quantitative estimate of drug-likeness (QED) is 0.902. The minimum atomic E-state index is -2.31. The Bertz CT molecular complexity index is 511. The number of carbonyl (C=O) groups is 1. The molecule has 1 aliphatic rings. The second kappa shape index (κ2) is 7.00. The van der Waals surface area contributed by atoms with Gasteiger partial charge in [-0.3, -0.25) is 9.69 Å². The van der Waals surface area contributed by atoms with E-state index in [4.69, 9.17) is 0 Å². The maximum atomic E-state index is 12.4. The number of rotatable bonds is 5. The molecule has 1 N–H and O–H groups in total. The van der Waals surface area contributed by atoms with Gasteiger partial charge in [0, 0.05) is 17.0 Å². The third-order valence-corrected chi connectivity index (χ3v) is 5.18. The normalized spacial score (nSPS) is 17.9. The lowest BCUT2D eigenvalue weighted by Gasteiger charge is -2.33. The molecule has 1 amide bonds. The van der Waals surface area contributed by atoms with Crippen LogP contribution in [-0.4, -0.2) is 41.9 Å². The molecule has 0 atom stereocenters. The number of carbonyl (C=O) groups excluding carboxylic acids is 1. The SMILES string of the molecule is Cc1cnc(C(C)(C)NC(=O)C2CCN(CC(F)F)CC2)s1. The lowest BCUT2D eigenvalue weighted by molar-refractivity contribution is -0.128. The van der Waals surface area contributed by atoms with Gasteiger partial charge in [0.2, 0.25) is 5.91 Å². The monoisotopic (exact) mass is 331 g/mol. The van der Waals surface area contributed by atoms with E-state index in [0.29, 0.717) is 25.9 Å². The Morgan fingerprint density at radius 1 is 1.50 bits per heavy atom. The number of amides is 1. The lowest BCUT2D eigenvalue weighted by Crippen LogP contribution is -2.47. The Kier molecular flexibility index (Phi) is 5.50. The zero-order valence-corrected chi connectivity index (χ0v) is 14.1. The molecule has 1 aromatic rings. The van der Waals surface area contributed by atoms with E-state index in [0.717, 1.165) is 9.88 Å². The van der Waals surface area contributed by atoms with Crippen LogP contribution in [0.3, 0.4) is 0 Å². The molecule has 0 aromatic carbocycles. The Morgan fingerprint density at radius 3 is 2.64 bits per heavy atom. The van der Waals surface area contributed by atoms with Crippen LogP contribution in [0.25, 0.3) is 0 Å². The van der Waals surface area contributed by atoms with Gasteiger partial charge in [-0.1, -0.05) is 0 Å². The van der Waals surface area contributed by atoms with Crippen LogP contribution < -0.4 is 5.32 Å². The van der Waals surface area contributed by atoms with E-state index in [9.17, 15) is 13.6 Å². The topological polar surface area (TPSA) is 45.2 Å². The number of alkyl halides is 2. The van der Waals surface area contributed by atoms with Crippen molar-refractivity contribution < 1.29 is 13.6 Å². The number of hydrogen-bond donors (Lipinski definition) is 1. The molecule has 7 heteroatoms. The summed E-state index contributed by atoms with van der Waals surface area (Å²) in [5.74, 6) is -0.108. The number of piperidine rings is 1. The van der Waals surface area contributed by atoms with E-state index in [1.54, 1.807) is 22.4 Å². The van der Waals surface area contributed by atoms with E-state index in [1.165, 1.54) is 0 Å². The molecule has 0 saturated carbocycles. The van der Waals surface area contributed by atoms with Crippen LogP contribution in [0.4, 0.5) is 8.78 Å². The van der Waals surface area contributed by atoms with Crippen LogP contribution >= 0.6 is 11.3 Å². The number of nitrogens with zero attached hydrogens (tertiary/aromatic N) is 2. The number of halogens is 2. The zero-order valence-electron chi connectivity index (χ0n) is 13.2. The Hall–Kier alpha value is -1.08. The minimum Gasteiger partial charge on any atom is -0.344 e. The van der Waals surface area contributed by atoms with Crippen LogP contribution in [0.15, 0.2) is 6.20 Å². The summed E-state index contributed by atoms with van der Waals surface area (Å²) < 4.78 is 24.7. The van der Waals surface area contributed by atoms with Crippen LogP contribution in [-0.2, 0) is 10.3 Å². The number of nitrogens with one attached hydrogen (secondary N) is 1. The number of likely N-dealkylation sites (tertiary alicyclic amines) is 1. The van der Waals surface area contributed by atoms with Gasteiger partial charge in [0.1, 0.15) is 5.01 Å². The van der Waals surface area contributed by atoms with Gasteiger partial charge in [-0.05, 0) is 46.7 Å². The first-order valence-corrected chi connectivity index (χ1v) is 8.35. The summed E-state index contributed by atoms with van der Waals surface area (Å²) >= 11 is 1.57. The summed E-state index contributed by atoms with van der Waals surface area (Å²) in [5.41, 5.74) is -0.504. The summed E-state index contributed by atoms with van der Waals surface area (Å²) in [6.07, 6.45) is 0.755. The highest BCUT2D eigenvalue weighted by molar-refractivity contribution is 7.11. The van der Waals surface area contributed by atoms with E-state index in [1.807, 2.05) is 20.8 Å². The van der Waals surface area contributed by atoms with Gasteiger partial charge in [0.15, 0.2) is 0 Å². The summed E-state index contributed by atoms with van der Waals surface area (Å²) in [5, 5.41) is 3.94. The smallest absolute Gasteiger partial charge is 0.251 e. The van der Waals surface area contributed by atoms with Gasteiger partial charge in [-0.2, -0.15) is 0 Å². The van der Waals surface area contributed by atoms with Crippen molar-refractivity contribution >= 4 is 17.2 Å². The third kappa shape index (κ3) is 4.46. The van der Waals surface area contributed by atoms with Crippen molar-refractivity contribution in [2.24, 2.45) is 5.92 Å². The van der Waals surface area contributed by atoms with Crippen LogP contribution in [0.2, 0.25) is 0 Å². The average Bonchev–Trinajstić information content (AvgIpc) is 2.86. The highest BCUT2D eigenvalue weighted by Gasteiger charge is 2.31. The molecule has 22 heavy (non-hydrogen) atoms. The molecule has 0 spiro atoms. The molecule has 2 heterocycles. The molecule has 0 bridgehead atoms. The predicted octanol–water partition coefficient (Wildman–Crippen LogP) is 2.78. The average molecular weight is 331 g/mol. The molecule has 1 aliphatic heterocycles. The standard InChI is InChI=1S/C15H23F2N3OS/c1-10-8-18-14(22-10)15(2,3)19-13(21)11-4-6-20(7-5-11)9-12(16)17/h8,11-12H,4-7,9H2,1-3H3,(H,19,21). The fourth-order valence-corrected chi connectivity index (χ4v) is 3.50. The van der Waals surface area contributed by atoms with Crippen molar-refractivity contribution in [3.8, 4) is 0 Å². The second-order valence-electron chi connectivity index (χ2n) is 6.36. The number of hydrogen-bond acceptors (Lipinski definition) is 4. The van der Waals surface area contributed by atoms with E-state index in [2.05, 4.69) is 10.3 Å². The van der Waals surface area contributed by atoms with Gasteiger partial charge >= 0.3 is 0 Å². The summed E-state index contributed by atoms with van der Waals surface area (Å²) in [6, 6.07) is 0. The van der Waals surface area contributed by atoms with E-state index in [-0.39, 0.29) is 18.4 Å². The first kappa shape index (κ1) is 17.3. The maximum absolute atomic E-state index is 12.4. The summed E-state index contributed by atoms with van der Waals surface area (Å²) in [7, 11) is 0. The molecule has 1 saturated heterocycles. The van der Waals surface area contributed by atoms with E-state index < -0.39 is 12.0 Å². The largest absolute Gasteiger partial charge is 0.344 e. The maximum Gasteiger partial charge on any atom is 0.251 e. The molecule has 1 aromatic heterocycles. The van der Waals surface area contributed by atoms with Crippen molar-refractivity contribution in [3.63, 3.8) is 0 Å². The molecule has 2 rings (SSSR count). The molecule has 0 radical (unpaired) electrons. The van der Waals surface area contributed by atoms with Gasteiger partial charge in [0.05, 0.1) is 12.1 Å². The zero-order chi connectivity index (χ0) is 16.3. The molecular weight excluding hydrogens is 308 g/mol. The second-order valence-corrected chi connectivity index (χ2v) is 7.59. The van der Waals surface area contributed by atoms with Crippen LogP contribution in [0.1, 0.15) is 36.6 Å². The fraction of sp³-hybridized carbons (Fsp3) is 0.733. The van der Waals surface area contributed by atoms with Crippen LogP contribution in [0, 0.1) is 12.8 Å². The molecule has 0 unspecified atom stereocenters. The Morgan fingerprint density at radius 2 is 2.14 bits per heavy atom. The minimum absolute atomic E-state index is 0.00505. The highest BCUT2D eigenvalue weighted by Crippen LogP contribution is 2.26. The van der Waals surface area contributed by atoms with Gasteiger partial charge in [-0.15, -0.1) is 11.3 Å². The Labute approximate surface area is 133 Å². The van der Waals surface area contributed by atoms with Crippen LogP contribution in [0.5, 0.6) is 0 Å². The highest BCUT2D eigenvalue weighted by atomic mass is 32.1. The number of aryl methyl sites for hydroxylation is 1. The van der Waals surface area contributed by atoms with Crippen molar-refractivity contribution in [1.82, 2.24) is 15.2 Å². The number of thiazole rings is 1. The molecular formula is C15H23F2N3OS. The van der Waals surface area contributed by atoms with Crippen molar-refractivity contribution in [2.75, 3.05) is 19.6 Å². The van der Waals surface area contributed by atoms with Crippen molar-refractivity contribution in [1.29, 1.82) is 0 Å².